The van der Waals surface area contributed by atoms with Gasteiger partial charge in [0.25, 0.3) is 0 Å². The van der Waals surface area contributed by atoms with Crippen LogP contribution in [0.5, 0.6) is 0 Å². The third kappa shape index (κ3) is 2.60. The van der Waals surface area contributed by atoms with Crippen LogP contribution < -0.4 is 0 Å². The second-order valence-electron chi connectivity index (χ2n) is 5.22. The van der Waals surface area contributed by atoms with E-state index in [0.29, 0.717) is 30.3 Å². The molecule has 0 saturated carbocycles. The molecule has 4 nitrogen and oxygen atoms in total. The summed E-state index contributed by atoms with van der Waals surface area (Å²) in [5.74, 6) is -0.165. The number of aliphatic hydroxyl groups is 1. The zero-order valence-corrected chi connectivity index (χ0v) is 11.9. The predicted octanol–water partition coefficient (Wildman–Crippen LogP) is 3.03. The first-order valence-electron chi connectivity index (χ1n) is 6.82. The highest BCUT2D eigenvalue weighted by atomic mass is 19.1. The molecule has 1 saturated heterocycles. The number of hydrogen-bond donors (Lipinski definition) is 1. The molecule has 1 atom stereocenters. The summed E-state index contributed by atoms with van der Waals surface area (Å²) < 4.78 is 29.8. The molecule has 0 bridgehead atoms. The molecule has 1 aliphatic rings. The van der Waals surface area contributed by atoms with E-state index >= 15 is 0 Å². The second-order valence-corrected chi connectivity index (χ2v) is 5.22. The van der Waals surface area contributed by atoms with E-state index < -0.39 is 11.9 Å². The zero-order chi connectivity index (χ0) is 15.0. The second kappa shape index (κ2) is 5.26. The van der Waals surface area contributed by atoms with Crippen molar-refractivity contribution in [1.82, 2.24) is 0 Å². The third-order valence-electron chi connectivity index (χ3n) is 3.72. The van der Waals surface area contributed by atoms with Gasteiger partial charge in [0.2, 0.25) is 0 Å². The van der Waals surface area contributed by atoms with Crippen LogP contribution in [0.1, 0.15) is 35.7 Å². The molecular formula is C16H17FO4. The van der Waals surface area contributed by atoms with E-state index in [1.807, 2.05) is 6.92 Å². The van der Waals surface area contributed by atoms with Crippen molar-refractivity contribution in [1.29, 1.82) is 0 Å². The smallest absolute Gasteiger partial charge is 0.195 e. The fraction of sp³-hybridized carbons (Fsp3) is 0.375. The number of furan rings is 1. The van der Waals surface area contributed by atoms with Gasteiger partial charge in [-0.2, -0.15) is 0 Å². The number of halogens is 1. The van der Waals surface area contributed by atoms with Crippen LogP contribution >= 0.6 is 0 Å². The van der Waals surface area contributed by atoms with Gasteiger partial charge in [0.1, 0.15) is 23.4 Å². The summed E-state index contributed by atoms with van der Waals surface area (Å²) in [6, 6.07) is 7.40. The summed E-state index contributed by atoms with van der Waals surface area (Å²) in [5, 5.41) is 10.3. The largest absolute Gasteiger partial charge is 0.463 e. The highest BCUT2D eigenvalue weighted by molar-refractivity contribution is 5.31. The summed E-state index contributed by atoms with van der Waals surface area (Å²) in [5.41, 5.74) is 1.33. The van der Waals surface area contributed by atoms with Crippen molar-refractivity contribution in [3.05, 3.63) is 58.8 Å². The summed E-state index contributed by atoms with van der Waals surface area (Å²) in [6.45, 7) is 4.67. The van der Waals surface area contributed by atoms with Gasteiger partial charge < -0.3 is 19.0 Å². The van der Waals surface area contributed by atoms with Crippen LogP contribution in [0.25, 0.3) is 0 Å². The molecule has 5 heteroatoms. The van der Waals surface area contributed by atoms with Crippen LogP contribution in [0.2, 0.25) is 0 Å². The Kier molecular flexibility index (Phi) is 3.57. The molecule has 1 aromatic carbocycles. The summed E-state index contributed by atoms with van der Waals surface area (Å²) in [4.78, 5) is 0. The average molecular weight is 292 g/mol. The van der Waals surface area contributed by atoms with Gasteiger partial charge in [-0.3, -0.25) is 0 Å². The summed E-state index contributed by atoms with van der Waals surface area (Å²) in [7, 11) is 0. The van der Waals surface area contributed by atoms with Crippen LogP contribution in [-0.2, 0) is 15.3 Å². The lowest BCUT2D eigenvalue weighted by atomic mass is 10.0. The molecule has 2 aromatic rings. The molecule has 2 heterocycles. The Balaban J connectivity index is 1.91. The maximum atomic E-state index is 12.9. The molecule has 112 valence electrons. The van der Waals surface area contributed by atoms with Crippen molar-refractivity contribution < 1.29 is 23.4 Å². The van der Waals surface area contributed by atoms with E-state index in [-0.39, 0.29) is 5.82 Å². The summed E-state index contributed by atoms with van der Waals surface area (Å²) in [6.07, 6.45) is -0.956. The van der Waals surface area contributed by atoms with E-state index in [0.717, 1.165) is 5.56 Å². The molecule has 0 aliphatic carbocycles. The third-order valence-corrected chi connectivity index (χ3v) is 3.72. The normalized spacial score (nSPS) is 18.9. The van der Waals surface area contributed by atoms with E-state index in [2.05, 4.69) is 0 Å². The van der Waals surface area contributed by atoms with E-state index in [1.165, 1.54) is 24.3 Å². The minimum absolute atomic E-state index is 0.345. The maximum absolute atomic E-state index is 12.9. The Bertz CT molecular complexity index is 626. The first kappa shape index (κ1) is 14.3. The van der Waals surface area contributed by atoms with Crippen LogP contribution in [0, 0.1) is 12.7 Å². The highest BCUT2D eigenvalue weighted by Crippen LogP contribution is 2.37. The van der Waals surface area contributed by atoms with E-state index in [4.69, 9.17) is 13.9 Å². The fourth-order valence-corrected chi connectivity index (χ4v) is 2.57. The highest BCUT2D eigenvalue weighted by Gasteiger charge is 2.37. The van der Waals surface area contributed by atoms with Crippen LogP contribution in [0.15, 0.2) is 34.7 Å². The van der Waals surface area contributed by atoms with Gasteiger partial charge in [-0.15, -0.1) is 0 Å². The molecule has 0 spiro atoms. The Hall–Kier alpha value is -1.69. The number of benzene rings is 1. The van der Waals surface area contributed by atoms with Gasteiger partial charge in [0, 0.05) is 0 Å². The van der Waals surface area contributed by atoms with Crippen LogP contribution in [0.4, 0.5) is 4.39 Å². The van der Waals surface area contributed by atoms with Crippen molar-refractivity contribution in [3.63, 3.8) is 0 Å². The van der Waals surface area contributed by atoms with Crippen LogP contribution in [-0.4, -0.2) is 18.3 Å². The van der Waals surface area contributed by atoms with Gasteiger partial charge in [-0.1, -0.05) is 12.1 Å². The number of hydrogen-bond acceptors (Lipinski definition) is 4. The molecule has 0 radical (unpaired) electrons. The molecule has 1 fully saturated rings. The van der Waals surface area contributed by atoms with Gasteiger partial charge in [0.05, 0.1) is 18.8 Å². The SMILES string of the molecule is Cc1oc(C(O)c2ccc(F)cc2)cc1C1(C)OCCO1. The standard InChI is InChI=1S/C16H17FO4/c1-10-13(16(2)19-7-8-20-16)9-14(21-10)15(18)11-3-5-12(17)6-4-11/h3-6,9,15,18H,7-8H2,1-2H3. The predicted molar refractivity (Wildman–Crippen MR) is 73.2 cm³/mol. The molecule has 1 aromatic heterocycles. The van der Waals surface area contributed by atoms with Gasteiger partial charge in [0.15, 0.2) is 5.79 Å². The lowest BCUT2D eigenvalue weighted by Gasteiger charge is -2.21. The fourth-order valence-electron chi connectivity index (χ4n) is 2.57. The van der Waals surface area contributed by atoms with Gasteiger partial charge in [-0.05, 0) is 37.6 Å². The van der Waals surface area contributed by atoms with Crippen molar-refractivity contribution in [2.45, 2.75) is 25.7 Å². The lowest BCUT2D eigenvalue weighted by Crippen LogP contribution is -2.22. The number of aryl methyl sites for hydroxylation is 1. The molecule has 3 rings (SSSR count). The monoisotopic (exact) mass is 292 g/mol. The molecular weight excluding hydrogens is 275 g/mol. The molecule has 0 amide bonds. The Morgan fingerprint density at radius 3 is 2.43 bits per heavy atom. The minimum atomic E-state index is -0.956. The Morgan fingerprint density at radius 1 is 1.19 bits per heavy atom. The lowest BCUT2D eigenvalue weighted by molar-refractivity contribution is -0.150. The molecule has 1 aliphatic heterocycles. The van der Waals surface area contributed by atoms with E-state index in [9.17, 15) is 9.50 Å². The summed E-state index contributed by atoms with van der Waals surface area (Å²) >= 11 is 0. The van der Waals surface area contributed by atoms with E-state index in [1.54, 1.807) is 13.0 Å². The van der Waals surface area contributed by atoms with Crippen molar-refractivity contribution in [2.24, 2.45) is 0 Å². The van der Waals surface area contributed by atoms with Crippen LogP contribution in [0.3, 0.4) is 0 Å². The number of ether oxygens (including phenoxy) is 2. The number of aliphatic hydroxyl groups excluding tert-OH is 1. The van der Waals surface area contributed by atoms with Gasteiger partial charge in [-0.25, -0.2) is 4.39 Å². The van der Waals surface area contributed by atoms with Crippen molar-refractivity contribution in [2.75, 3.05) is 13.2 Å². The quantitative estimate of drug-likeness (QED) is 0.944. The Labute approximate surface area is 122 Å². The topological polar surface area (TPSA) is 51.8 Å². The van der Waals surface area contributed by atoms with Gasteiger partial charge >= 0.3 is 0 Å². The molecule has 21 heavy (non-hydrogen) atoms. The first-order chi connectivity index (χ1) is 9.99. The first-order valence-corrected chi connectivity index (χ1v) is 6.82. The number of rotatable bonds is 3. The average Bonchev–Trinajstić information content (AvgIpc) is 3.06. The molecule has 1 N–H and O–H groups in total. The molecule has 1 unspecified atom stereocenters. The zero-order valence-electron chi connectivity index (χ0n) is 11.9. The Morgan fingerprint density at radius 2 is 1.81 bits per heavy atom. The van der Waals surface area contributed by atoms with Crippen molar-refractivity contribution >= 4 is 0 Å². The maximum Gasteiger partial charge on any atom is 0.195 e. The minimum Gasteiger partial charge on any atom is -0.463 e. The van der Waals surface area contributed by atoms with Crippen molar-refractivity contribution in [3.8, 4) is 0 Å².